The van der Waals surface area contributed by atoms with Gasteiger partial charge in [-0.05, 0) is 13.3 Å². The first kappa shape index (κ1) is 23.5. The van der Waals surface area contributed by atoms with Crippen LogP contribution in [0.25, 0.3) is 0 Å². The highest BCUT2D eigenvalue weighted by Crippen LogP contribution is 2.36. The van der Waals surface area contributed by atoms with E-state index in [4.69, 9.17) is 9.26 Å². The number of aromatic nitrogens is 4. The Labute approximate surface area is 187 Å². The van der Waals surface area contributed by atoms with Gasteiger partial charge in [0.05, 0.1) is 25.8 Å². The van der Waals surface area contributed by atoms with Crippen LogP contribution in [0.4, 0.5) is 29.3 Å². The van der Waals surface area contributed by atoms with Crippen LogP contribution in [-0.4, -0.2) is 57.7 Å². The molecule has 2 aromatic heterocycles. The smallest absolute Gasteiger partial charge is 0.377 e. The first-order valence-electron chi connectivity index (χ1n) is 10.7. The Morgan fingerprint density at radius 3 is 2.48 bits per heavy atom. The molecular weight excluding hydrogens is 448 g/mol. The molecule has 0 radical (unpaired) electrons. The Hall–Kier alpha value is -2.70. The van der Waals surface area contributed by atoms with Crippen molar-refractivity contribution >= 4 is 11.8 Å². The zero-order chi connectivity index (χ0) is 24.1. The molecule has 2 aromatic rings. The molecule has 0 aliphatic carbocycles. The molecule has 0 aromatic carbocycles. The number of alkyl halides is 3. The lowest BCUT2D eigenvalue weighted by Crippen LogP contribution is -2.53. The van der Waals surface area contributed by atoms with E-state index in [2.05, 4.69) is 15.1 Å². The van der Waals surface area contributed by atoms with Gasteiger partial charge in [0.15, 0.2) is 11.6 Å². The minimum absolute atomic E-state index is 0.0162. The molecule has 1 fully saturated rings. The van der Waals surface area contributed by atoms with Crippen LogP contribution in [0.3, 0.4) is 0 Å². The van der Waals surface area contributed by atoms with Crippen LogP contribution < -0.4 is 15.4 Å². The van der Waals surface area contributed by atoms with Gasteiger partial charge in [-0.3, -0.25) is 9.36 Å². The molecule has 0 amide bonds. The van der Waals surface area contributed by atoms with Crippen molar-refractivity contribution in [2.24, 2.45) is 0 Å². The van der Waals surface area contributed by atoms with Gasteiger partial charge in [-0.2, -0.15) is 27.5 Å². The summed E-state index contributed by atoms with van der Waals surface area (Å²) in [6.07, 6.45) is -5.05. The van der Waals surface area contributed by atoms with E-state index in [-0.39, 0.29) is 55.8 Å². The lowest BCUT2D eigenvalue weighted by Gasteiger charge is -2.40. The molecule has 2 atom stereocenters. The molecule has 4 rings (SSSR count). The number of anilines is 2. The van der Waals surface area contributed by atoms with Crippen molar-refractivity contribution in [3.05, 3.63) is 27.9 Å². The van der Waals surface area contributed by atoms with E-state index in [1.54, 1.807) is 11.8 Å². The highest BCUT2D eigenvalue weighted by atomic mass is 19.4. The summed E-state index contributed by atoms with van der Waals surface area (Å²) in [6.45, 7) is 7.38. The van der Waals surface area contributed by atoms with Crippen LogP contribution in [0.1, 0.15) is 45.8 Å². The van der Waals surface area contributed by atoms with E-state index >= 15 is 4.39 Å². The number of ether oxygens (including phenoxy) is 1. The Balaban J connectivity index is 1.80. The van der Waals surface area contributed by atoms with Gasteiger partial charge in [-0.15, -0.1) is 0 Å². The maximum absolute atomic E-state index is 15.0. The number of hydrogen-bond acceptors (Lipinski definition) is 8. The van der Waals surface area contributed by atoms with Gasteiger partial charge >= 0.3 is 6.18 Å². The van der Waals surface area contributed by atoms with Crippen molar-refractivity contribution in [2.75, 3.05) is 29.6 Å². The van der Waals surface area contributed by atoms with Crippen LogP contribution in [0.2, 0.25) is 0 Å². The summed E-state index contributed by atoms with van der Waals surface area (Å²) in [4.78, 5) is 23.7. The van der Waals surface area contributed by atoms with Crippen LogP contribution in [-0.2, 0) is 23.2 Å². The number of morpholine rings is 1. The molecule has 4 heterocycles. The normalized spacial score (nSPS) is 21.9. The van der Waals surface area contributed by atoms with Gasteiger partial charge in [0.25, 0.3) is 5.56 Å². The van der Waals surface area contributed by atoms with E-state index in [0.29, 0.717) is 0 Å². The predicted octanol–water partition coefficient (Wildman–Crippen LogP) is 2.63. The third-order valence-electron chi connectivity index (χ3n) is 5.77. The molecule has 13 heteroatoms. The van der Waals surface area contributed by atoms with Crippen LogP contribution >= 0.6 is 0 Å². The SMILES string of the molecule is CC1COCCN1c1nc2n(c(=O)c1F)CCC(C(F)(F)F)N2Cc1noc(C(C)(C)C)n1. The Morgan fingerprint density at radius 2 is 1.88 bits per heavy atom. The third kappa shape index (κ3) is 4.42. The second-order valence-corrected chi connectivity index (χ2v) is 9.36. The molecule has 2 aliphatic rings. The van der Waals surface area contributed by atoms with Crippen molar-refractivity contribution in [1.82, 2.24) is 19.7 Å². The lowest BCUT2D eigenvalue weighted by molar-refractivity contribution is -0.153. The zero-order valence-electron chi connectivity index (χ0n) is 18.8. The van der Waals surface area contributed by atoms with Crippen molar-refractivity contribution in [1.29, 1.82) is 0 Å². The zero-order valence-corrected chi connectivity index (χ0v) is 18.8. The molecule has 0 bridgehead atoms. The molecule has 2 unspecified atom stereocenters. The molecule has 0 saturated carbocycles. The maximum atomic E-state index is 15.0. The summed E-state index contributed by atoms with van der Waals surface area (Å²) in [5.74, 6) is -1.36. The Bertz CT molecular complexity index is 1080. The fourth-order valence-corrected chi connectivity index (χ4v) is 4.01. The quantitative estimate of drug-likeness (QED) is 0.628. The number of fused-ring (bicyclic) bond motifs is 1. The van der Waals surface area contributed by atoms with E-state index in [1.807, 2.05) is 20.8 Å². The van der Waals surface area contributed by atoms with E-state index in [1.165, 1.54) is 0 Å². The number of hydrogen-bond donors (Lipinski definition) is 0. The molecule has 0 N–H and O–H groups in total. The molecule has 2 aliphatic heterocycles. The summed E-state index contributed by atoms with van der Waals surface area (Å²) in [5, 5.41) is 3.82. The predicted molar refractivity (Wildman–Crippen MR) is 110 cm³/mol. The number of nitrogens with zero attached hydrogens (tertiary/aromatic N) is 6. The van der Waals surface area contributed by atoms with Gasteiger partial charge in [-0.25, -0.2) is 0 Å². The summed E-state index contributed by atoms with van der Waals surface area (Å²) >= 11 is 0. The Kier molecular flexibility index (Phi) is 5.87. The van der Waals surface area contributed by atoms with Crippen molar-refractivity contribution in [3.63, 3.8) is 0 Å². The largest absolute Gasteiger partial charge is 0.408 e. The summed E-state index contributed by atoms with van der Waals surface area (Å²) in [6, 6.07) is -2.24. The molecule has 182 valence electrons. The molecule has 33 heavy (non-hydrogen) atoms. The standard InChI is InChI=1S/C20H26F4N6O3/c1-11-10-32-8-7-28(11)15-14(21)16(31)29-6-5-12(20(22,23)24)30(18(29)26-15)9-13-25-17(33-27-13)19(2,3)4/h11-12H,5-10H2,1-4H3. The minimum Gasteiger partial charge on any atom is -0.377 e. The summed E-state index contributed by atoms with van der Waals surface area (Å²) in [7, 11) is 0. The third-order valence-corrected chi connectivity index (χ3v) is 5.77. The van der Waals surface area contributed by atoms with E-state index in [9.17, 15) is 18.0 Å². The highest BCUT2D eigenvalue weighted by Gasteiger charge is 2.48. The van der Waals surface area contributed by atoms with Crippen LogP contribution in [0.15, 0.2) is 9.32 Å². The van der Waals surface area contributed by atoms with Crippen molar-refractivity contribution < 1.29 is 26.8 Å². The fourth-order valence-electron chi connectivity index (χ4n) is 4.01. The summed E-state index contributed by atoms with van der Waals surface area (Å²) < 4.78 is 68.4. The van der Waals surface area contributed by atoms with Crippen molar-refractivity contribution in [2.45, 2.75) is 70.9 Å². The molecule has 9 nitrogen and oxygen atoms in total. The average Bonchev–Trinajstić information content (AvgIpc) is 3.20. The van der Waals surface area contributed by atoms with Gasteiger partial charge in [-0.1, -0.05) is 25.9 Å². The van der Waals surface area contributed by atoms with Gasteiger partial charge < -0.3 is 19.1 Å². The number of rotatable bonds is 3. The van der Waals surface area contributed by atoms with Crippen LogP contribution in [0, 0.1) is 5.82 Å². The minimum atomic E-state index is -4.61. The molecule has 1 saturated heterocycles. The van der Waals surface area contributed by atoms with Crippen molar-refractivity contribution in [3.8, 4) is 0 Å². The second kappa shape index (κ2) is 8.26. The van der Waals surface area contributed by atoms with Gasteiger partial charge in [0.2, 0.25) is 17.7 Å². The lowest BCUT2D eigenvalue weighted by atomic mass is 9.97. The summed E-state index contributed by atoms with van der Waals surface area (Å²) in [5.41, 5.74) is -1.50. The monoisotopic (exact) mass is 474 g/mol. The highest BCUT2D eigenvalue weighted by molar-refractivity contribution is 5.48. The molecule has 0 spiro atoms. The average molecular weight is 474 g/mol. The maximum Gasteiger partial charge on any atom is 0.408 e. The van der Waals surface area contributed by atoms with Gasteiger partial charge in [0, 0.05) is 18.5 Å². The first-order chi connectivity index (χ1) is 15.4. The first-order valence-corrected chi connectivity index (χ1v) is 10.7. The van der Waals surface area contributed by atoms with Crippen LogP contribution in [0.5, 0.6) is 0 Å². The fraction of sp³-hybridized carbons (Fsp3) is 0.700. The number of halogens is 4. The van der Waals surface area contributed by atoms with Gasteiger partial charge in [0.1, 0.15) is 6.04 Å². The second-order valence-electron chi connectivity index (χ2n) is 9.36. The Morgan fingerprint density at radius 1 is 1.15 bits per heavy atom. The van der Waals surface area contributed by atoms with E-state index < -0.39 is 42.0 Å². The molecular formula is C20H26F4N6O3. The van der Waals surface area contributed by atoms with E-state index in [0.717, 1.165) is 9.47 Å². The topological polar surface area (TPSA) is 89.5 Å².